The summed E-state index contributed by atoms with van der Waals surface area (Å²) < 4.78 is 14.0. The number of nitrogens with two attached hydrogens (primary N) is 1. The lowest BCUT2D eigenvalue weighted by molar-refractivity contribution is 0.626. The Morgan fingerprint density at radius 2 is 2.00 bits per heavy atom. The number of rotatable bonds is 4. The summed E-state index contributed by atoms with van der Waals surface area (Å²) in [7, 11) is 0. The average Bonchev–Trinajstić information content (AvgIpc) is 2.95. The van der Waals surface area contributed by atoms with Gasteiger partial charge in [0.2, 0.25) is 5.56 Å². The van der Waals surface area contributed by atoms with Crippen LogP contribution in [0.3, 0.4) is 0 Å². The first-order valence-corrected chi connectivity index (χ1v) is 9.09. The predicted octanol–water partition coefficient (Wildman–Crippen LogP) is 1.26. The lowest BCUT2D eigenvalue weighted by atomic mass is 10.1. The molecule has 1 aromatic carbocycles. The van der Waals surface area contributed by atoms with Gasteiger partial charge in [-0.3, -0.25) is 4.79 Å². The van der Waals surface area contributed by atoms with Crippen molar-refractivity contribution in [3.8, 4) is 0 Å². The van der Waals surface area contributed by atoms with E-state index in [1.807, 2.05) is 12.1 Å². The first kappa shape index (κ1) is 15.9. The fourth-order valence-corrected chi connectivity index (χ4v) is 3.76. The second kappa shape index (κ2) is 6.40. The number of fused-ring (bicyclic) bond motifs is 2. The summed E-state index contributed by atoms with van der Waals surface area (Å²) >= 11 is -1.50. The largest absolute Gasteiger partial charge is 0.355 e. The molecule has 5 N–H and O–H groups in total. The Balaban J connectivity index is 1.61. The van der Waals surface area contributed by atoms with Crippen molar-refractivity contribution in [3.63, 3.8) is 0 Å². The second-order valence-electron chi connectivity index (χ2n) is 6.07. The van der Waals surface area contributed by atoms with E-state index in [4.69, 9.17) is 5.14 Å². The number of hydrogen-bond donors (Lipinski definition) is 4. The van der Waals surface area contributed by atoms with Gasteiger partial charge in [-0.2, -0.15) is 0 Å². The number of aromatic amines is 1. The molecule has 0 aliphatic heterocycles. The molecule has 1 aliphatic carbocycles. The maximum absolute atomic E-state index is 11.4. The molecule has 8 heteroatoms. The number of aromatic nitrogens is 2. The number of benzene rings is 1. The van der Waals surface area contributed by atoms with Gasteiger partial charge in [-0.15, -0.1) is 0 Å². The summed E-state index contributed by atoms with van der Waals surface area (Å²) in [6, 6.07) is 11.4. The number of anilines is 2. The smallest absolute Gasteiger partial charge is 0.249 e. The molecule has 4 rings (SSSR count). The third-order valence-electron chi connectivity index (χ3n) is 4.33. The molecule has 0 saturated carbocycles. The van der Waals surface area contributed by atoms with Crippen LogP contribution in [0.25, 0.3) is 11.0 Å². The molecule has 2 unspecified atom stereocenters. The van der Waals surface area contributed by atoms with Crippen molar-refractivity contribution in [2.75, 3.05) is 5.32 Å². The molecule has 7 nitrogen and oxygen atoms in total. The van der Waals surface area contributed by atoms with Crippen LogP contribution in [-0.4, -0.2) is 20.2 Å². The van der Waals surface area contributed by atoms with E-state index in [-0.39, 0.29) is 11.6 Å². The quantitative estimate of drug-likeness (QED) is 0.564. The van der Waals surface area contributed by atoms with Crippen LogP contribution in [-0.2, 0) is 24.0 Å². The van der Waals surface area contributed by atoms with Gasteiger partial charge in [-0.25, -0.2) is 19.1 Å². The van der Waals surface area contributed by atoms with Crippen molar-refractivity contribution in [2.45, 2.75) is 18.9 Å². The van der Waals surface area contributed by atoms with E-state index in [0.29, 0.717) is 5.65 Å². The van der Waals surface area contributed by atoms with Crippen LogP contribution >= 0.6 is 0 Å². The van der Waals surface area contributed by atoms with Crippen molar-refractivity contribution in [1.29, 1.82) is 0 Å². The fraction of sp³-hybridized carbons (Fsp3) is 0.176. The van der Waals surface area contributed by atoms with E-state index < -0.39 is 11.2 Å². The zero-order valence-electron chi connectivity index (χ0n) is 13.3. The first-order chi connectivity index (χ1) is 12.1. The minimum atomic E-state index is -1.50. The van der Waals surface area contributed by atoms with E-state index in [9.17, 15) is 9.00 Å². The predicted molar refractivity (Wildman–Crippen MR) is 98.7 cm³/mol. The topological polar surface area (TPSA) is 113 Å². The average molecular weight is 355 g/mol. The van der Waals surface area contributed by atoms with Crippen LogP contribution < -0.4 is 20.7 Å². The molecule has 25 heavy (non-hydrogen) atoms. The van der Waals surface area contributed by atoms with Crippen LogP contribution in [0, 0.1) is 0 Å². The summed E-state index contributed by atoms with van der Waals surface area (Å²) in [5.41, 5.74) is 4.64. The number of H-pyrrole nitrogens is 1. The number of hydrogen-bond acceptors (Lipinski definition) is 4. The second-order valence-corrected chi connectivity index (χ2v) is 6.90. The Hall–Kier alpha value is -2.55. The third-order valence-corrected chi connectivity index (χ3v) is 4.90. The summed E-state index contributed by atoms with van der Waals surface area (Å²) in [5.74, 6) is 0. The minimum absolute atomic E-state index is 0.0999. The van der Waals surface area contributed by atoms with Gasteiger partial charge >= 0.3 is 0 Å². The van der Waals surface area contributed by atoms with Gasteiger partial charge in [-0.1, -0.05) is 6.07 Å². The molecule has 2 atom stereocenters. The highest BCUT2D eigenvalue weighted by Gasteiger charge is 2.22. The first-order valence-electron chi connectivity index (χ1n) is 7.88. The van der Waals surface area contributed by atoms with Crippen LogP contribution in [0.5, 0.6) is 0 Å². The summed E-state index contributed by atoms with van der Waals surface area (Å²) in [6.45, 7) is 0. The molecule has 0 saturated heterocycles. The van der Waals surface area contributed by atoms with E-state index in [0.717, 1.165) is 29.6 Å². The molecular formula is C17H17N5O2S. The monoisotopic (exact) mass is 355 g/mol. The zero-order chi connectivity index (χ0) is 17.4. The highest BCUT2D eigenvalue weighted by molar-refractivity contribution is 7.80. The van der Waals surface area contributed by atoms with Crippen LogP contribution in [0.1, 0.15) is 11.1 Å². The van der Waals surface area contributed by atoms with Crippen LogP contribution in [0.15, 0.2) is 47.4 Å². The van der Waals surface area contributed by atoms with Crippen molar-refractivity contribution >= 4 is 33.6 Å². The highest BCUT2D eigenvalue weighted by Crippen LogP contribution is 2.28. The van der Waals surface area contributed by atoms with Crippen molar-refractivity contribution in [3.05, 3.63) is 64.1 Å². The van der Waals surface area contributed by atoms with Gasteiger partial charge < -0.3 is 10.3 Å². The van der Waals surface area contributed by atoms with Crippen molar-refractivity contribution in [2.24, 2.45) is 5.14 Å². The number of pyridine rings is 2. The van der Waals surface area contributed by atoms with Gasteiger partial charge in [0.15, 0.2) is 11.2 Å². The van der Waals surface area contributed by atoms with Crippen molar-refractivity contribution in [1.82, 2.24) is 14.7 Å². The molecule has 0 bridgehead atoms. The fourth-order valence-electron chi connectivity index (χ4n) is 3.27. The van der Waals surface area contributed by atoms with E-state index in [2.05, 4.69) is 32.1 Å². The molecule has 3 aromatic rings. The zero-order valence-corrected chi connectivity index (χ0v) is 14.1. The van der Waals surface area contributed by atoms with E-state index in [1.165, 1.54) is 17.2 Å². The van der Waals surface area contributed by atoms with Gasteiger partial charge in [0.25, 0.3) is 0 Å². The molecule has 2 aromatic heterocycles. The third kappa shape index (κ3) is 3.32. The lowest BCUT2D eigenvalue weighted by Gasteiger charge is -2.10. The Morgan fingerprint density at radius 3 is 2.84 bits per heavy atom. The Labute approximate surface area is 146 Å². The van der Waals surface area contributed by atoms with E-state index in [1.54, 1.807) is 12.3 Å². The van der Waals surface area contributed by atoms with Gasteiger partial charge in [0.05, 0.1) is 5.69 Å². The number of nitrogens with one attached hydrogen (secondary N) is 3. The molecule has 0 amide bonds. The SMILES string of the molecule is NS(=O)NC1Cc2ccc(Nc3ccnc4[nH]c(=O)ccc34)cc2C1. The molecule has 2 heterocycles. The number of nitrogens with zero attached hydrogens (tertiary/aromatic N) is 1. The normalized spacial score (nSPS) is 17.4. The maximum Gasteiger partial charge on any atom is 0.249 e. The van der Waals surface area contributed by atoms with Crippen LogP contribution in [0.2, 0.25) is 0 Å². The molecule has 0 spiro atoms. The summed E-state index contributed by atoms with van der Waals surface area (Å²) in [6.07, 6.45) is 3.26. The van der Waals surface area contributed by atoms with Crippen molar-refractivity contribution < 1.29 is 4.21 Å². The minimum Gasteiger partial charge on any atom is -0.355 e. The molecule has 0 radical (unpaired) electrons. The van der Waals surface area contributed by atoms with E-state index >= 15 is 0 Å². The molecule has 1 aliphatic rings. The van der Waals surface area contributed by atoms with Gasteiger partial charge in [-0.05, 0) is 48.2 Å². The Bertz CT molecular complexity index is 1030. The summed E-state index contributed by atoms with van der Waals surface area (Å²) in [4.78, 5) is 18.4. The summed E-state index contributed by atoms with van der Waals surface area (Å²) in [5, 5.41) is 9.55. The Kier molecular flexibility index (Phi) is 4.08. The highest BCUT2D eigenvalue weighted by atomic mass is 32.2. The van der Waals surface area contributed by atoms with Crippen LogP contribution in [0.4, 0.5) is 11.4 Å². The molecule has 128 valence electrons. The van der Waals surface area contributed by atoms with Gasteiger partial charge in [0, 0.05) is 29.4 Å². The Morgan fingerprint density at radius 1 is 1.16 bits per heavy atom. The maximum atomic E-state index is 11.4. The molecule has 0 fully saturated rings. The van der Waals surface area contributed by atoms with Gasteiger partial charge in [0.1, 0.15) is 5.65 Å². The molecular weight excluding hydrogens is 338 g/mol. The lowest BCUT2D eigenvalue weighted by Crippen LogP contribution is -2.34. The standard InChI is InChI=1S/C17H17N5O2S/c18-25(24)22-13-7-10-1-2-12(8-11(10)9-13)20-15-5-6-19-17-14(15)3-4-16(23)21-17/h1-6,8,13,22H,7,9,18H2,(H2,19,20,21,23).